The molecule has 0 aliphatic heterocycles. The van der Waals surface area contributed by atoms with Gasteiger partial charge in [0.15, 0.2) is 0 Å². The van der Waals surface area contributed by atoms with Gasteiger partial charge in [-0.05, 0) is 59.8 Å². The molecule has 1 unspecified atom stereocenters. The molecule has 19 heavy (non-hydrogen) atoms. The molecule has 3 nitrogen and oxygen atoms in total. The van der Waals surface area contributed by atoms with Gasteiger partial charge in [0.2, 0.25) is 0 Å². The van der Waals surface area contributed by atoms with Crippen molar-refractivity contribution in [3.63, 3.8) is 0 Å². The van der Waals surface area contributed by atoms with E-state index in [-0.39, 0.29) is 34.1 Å². The predicted octanol–water partition coefficient (Wildman–Crippen LogP) is 2.87. The van der Waals surface area contributed by atoms with E-state index in [2.05, 4.69) is 21.2 Å². The molecule has 0 spiro atoms. The van der Waals surface area contributed by atoms with Crippen LogP contribution in [0, 0.1) is 11.7 Å². The van der Waals surface area contributed by atoms with Gasteiger partial charge >= 0.3 is 0 Å². The van der Waals surface area contributed by atoms with Gasteiger partial charge in [0, 0.05) is 12.1 Å². The van der Waals surface area contributed by atoms with Crippen molar-refractivity contribution < 1.29 is 9.18 Å². The van der Waals surface area contributed by atoms with E-state index in [0.717, 1.165) is 12.8 Å². The van der Waals surface area contributed by atoms with Crippen molar-refractivity contribution in [1.29, 1.82) is 0 Å². The third kappa shape index (κ3) is 3.68. The Balaban J connectivity index is 0.00000180. The lowest BCUT2D eigenvalue weighted by Crippen LogP contribution is -2.53. The van der Waals surface area contributed by atoms with Crippen LogP contribution in [0.25, 0.3) is 0 Å². The molecule has 1 aromatic carbocycles. The second-order valence-corrected chi connectivity index (χ2v) is 5.83. The quantitative estimate of drug-likeness (QED) is 0.876. The predicted molar refractivity (Wildman–Crippen MR) is 79.0 cm³/mol. The maximum atomic E-state index is 13.1. The minimum atomic E-state index is -0.379. The van der Waals surface area contributed by atoms with E-state index < -0.39 is 0 Å². The molecule has 1 aliphatic carbocycles. The summed E-state index contributed by atoms with van der Waals surface area (Å²) < 4.78 is 13.4. The molecule has 0 bridgehead atoms. The molecule has 2 rings (SSSR count). The van der Waals surface area contributed by atoms with Gasteiger partial charge in [-0.3, -0.25) is 4.79 Å². The summed E-state index contributed by atoms with van der Waals surface area (Å²) in [4.78, 5) is 12.1. The van der Waals surface area contributed by atoms with Crippen molar-refractivity contribution in [3.8, 4) is 0 Å². The van der Waals surface area contributed by atoms with Crippen molar-refractivity contribution >= 4 is 34.2 Å². The minimum Gasteiger partial charge on any atom is -0.345 e. The standard InChI is InChI=1S/C13H16BrFN2O.ClH/c1-13(7-16,9-3-4-9)17-12(18)8-2-5-11(15)10(14)6-8;/h2,5-6,9H,3-4,7,16H2,1H3,(H,17,18);1H. The molecule has 0 aromatic heterocycles. The SMILES string of the molecule is CC(CN)(NC(=O)c1ccc(F)c(Br)c1)C1CC1.Cl. The lowest BCUT2D eigenvalue weighted by molar-refractivity contribution is 0.0897. The first-order chi connectivity index (χ1) is 8.46. The zero-order valence-electron chi connectivity index (χ0n) is 10.6. The number of hydrogen-bond acceptors (Lipinski definition) is 2. The maximum Gasteiger partial charge on any atom is 0.251 e. The highest BCUT2D eigenvalue weighted by Crippen LogP contribution is 2.39. The third-order valence-corrected chi connectivity index (χ3v) is 4.09. The first kappa shape index (κ1) is 16.4. The Morgan fingerprint density at radius 3 is 2.68 bits per heavy atom. The fourth-order valence-electron chi connectivity index (χ4n) is 2.01. The summed E-state index contributed by atoms with van der Waals surface area (Å²) in [6.07, 6.45) is 2.20. The first-order valence-electron chi connectivity index (χ1n) is 5.94. The zero-order chi connectivity index (χ0) is 13.3. The molecule has 1 amide bonds. The molecule has 3 N–H and O–H groups in total. The average molecular weight is 352 g/mol. The molecule has 1 fully saturated rings. The number of carbonyl (C=O) groups is 1. The highest BCUT2D eigenvalue weighted by molar-refractivity contribution is 9.10. The van der Waals surface area contributed by atoms with E-state index in [1.165, 1.54) is 18.2 Å². The summed E-state index contributed by atoms with van der Waals surface area (Å²) in [6.45, 7) is 2.37. The second kappa shape index (κ2) is 6.20. The summed E-state index contributed by atoms with van der Waals surface area (Å²) in [5, 5.41) is 2.96. The Morgan fingerprint density at radius 2 is 2.21 bits per heavy atom. The van der Waals surface area contributed by atoms with Crippen LogP contribution in [-0.2, 0) is 0 Å². The molecular weight excluding hydrogens is 335 g/mol. The lowest BCUT2D eigenvalue weighted by Gasteiger charge is -2.29. The average Bonchev–Trinajstić information content (AvgIpc) is 3.16. The van der Waals surface area contributed by atoms with Crippen LogP contribution in [0.2, 0.25) is 0 Å². The molecule has 1 aromatic rings. The Kier molecular flexibility index (Phi) is 5.35. The van der Waals surface area contributed by atoms with E-state index in [0.29, 0.717) is 18.0 Å². The van der Waals surface area contributed by atoms with E-state index in [9.17, 15) is 9.18 Å². The largest absolute Gasteiger partial charge is 0.345 e. The molecule has 0 radical (unpaired) electrons. The maximum absolute atomic E-state index is 13.1. The number of nitrogens with one attached hydrogen (secondary N) is 1. The van der Waals surface area contributed by atoms with Gasteiger partial charge in [0.05, 0.1) is 10.0 Å². The van der Waals surface area contributed by atoms with Gasteiger partial charge in [-0.15, -0.1) is 12.4 Å². The number of amides is 1. The summed E-state index contributed by atoms with van der Waals surface area (Å²) in [6, 6.07) is 4.23. The zero-order valence-corrected chi connectivity index (χ0v) is 13.0. The highest BCUT2D eigenvalue weighted by atomic mass is 79.9. The second-order valence-electron chi connectivity index (χ2n) is 4.98. The van der Waals surface area contributed by atoms with Gasteiger partial charge in [0.1, 0.15) is 5.82 Å². The van der Waals surface area contributed by atoms with Crippen molar-refractivity contribution in [2.75, 3.05) is 6.54 Å². The summed E-state index contributed by atoms with van der Waals surface area (Å²) in [7, 11) is 0. The Morgan fingerprint density at radius 1 is 1.58 bits per heavy atom. The van der Waals surface area contributed by atoms with Crippen molar-refractivity contribution in [1.82, 2.24) is 5.32 Å². The summed E-state index contributed by atoms with van der Waals surface area (Å²) >= 11 is 3.07. The van der Waals surface area contributed by atoms with Crippen LogP contribution in [0.4, 0.5) is 4.39 Å². The molecule has 106 valence electrons. The van der Waals surface area contributed by atoms with Gasteiger partial charge in [-0.1, -0.05) is 0 Å². The molecular formula is C13H17BrClFN2O. The van der Waals surface area contributed by atoms with Gasteiger partial charge in [0.25, 0.3) is 5.91 Å². The first-order valence-corrected chi connectivity index (χ1v) is 6.73. The number of carbonyl (C=O) groups excluding carboxylic acids is 1. The molecule has 1 saturated carbocycles. The molecule has 0 heterocycles. The summed E-state index contributed by atoms with van der Waals surface area (Å²) in [5.74, 6) is -0.138. The van der Waals surface area contributed by atoms with Crippen LogP contribution in [0.5, 0.6) is 0 Å². The Bertz CT molecular complexity index is 482. The van der Waals surface area contributed by atoms with Gasteiger partial charge in [-0.2, -0.15) is 0 Å². The number of rotatable bonds is 4. The topological polar surface area (TPSA) is 55.1 Å². The van der Waals surface area contributed by atoms with E-state index in [1.54, 1.807) is 0 Å². The molecule has 1 atom stereocenters. The number of hydrogen-bond donors (Lipinski definition) is 2. The fourth-order valence-corrected chi connectivity index (χ4v) is 2.39. The van der Waals surface area contributed by atoms with Crippen LogP contribution >= 0.6 is 28.3 Å². The minimum absolute atomic E-state index is 0. The number of halogens is 3. The van der Waals surface area contributed by atoms with Crippen LogP contribution in [0.3, 0.4) is 0 Å². The smallest absolute Gasteiger partial charge is 0.251 e. The third-order valence-electron chi connectivity index (χ3n) is 3.48. The Labute approximate surface area is 126 Å². The molecule has 6 heteroatoms. The van der Waals surface area contributed by atoms with Crippen molar-refractivity contribution in [2.45, 2.75) is 25.3 Å². The summed E-state index contributed by atoms with van der Waals surface area (Å²) in [5.41, 5.74) is 5.82. The number of benzene rings is 1. The highest BCUT2D eigenvalue weighted by Gasteiger charge is 2.41. The van der Waals surface area contributed by atoms with Crippen LogP contribution in [-0.4, -0.2) is 18.0 Å². The van der Waals surface area contributed by atoms with Gasteiger partial charge < -0.3 is 11.1 Å². The number of nitrogens with two attached hydrogens (primary N) is 1. The molecule has 1 aliphatic rings. The molecule has 0 saturated heterocycles. The van der Waals surface area contributed by atoms with Gasteiger partial charge in [-0.25, -0.2) is 4.39 Å². The van der Waals surface area contributed by atoms with E-state index >= 15 is 0 Å². The Hall–Kier alpha value is -0.650. The van der Waals surface area contributed by atoms with Crippen molar-refractivity contribution in [2.24, 2.45) is 11.7 Å². The van der Waals surface area contributed by atoms with Crippen LogP contribution < -0.4 is 11.1 Å². The van der Waals surface area contributed by atoms with E-state index in [4.69, 9.17) is 5.73 Å². The van der Waals surface area contributed by atoms with Crippen LogP contribution in [0.15, 0.2) is 22.7 Å². The fraction of sp³-hybridized carbons (Fsp3) is 0.462. The normalized spacial score (nSPS) is 17.3. The van der Waals surface area contributed by atoms with Crippen LogP contribution in [0.1, 0.15) is 30.1 Å². The monoisotopic (exact) mass is 350 g/mol. The van der Waals surface area contributed by atoms with E-state index in [1.807, 2.05) is 6.92 Å². The lowest BCUT2D eigenvalue weighted by atomic mass is 9.95. The van der Waals surface area contributed by atoms with Crippen molar-refractivity contribution in [3.05, 3.63) is 34.1 Å².